The Hall–Kier alpha value is -0.960. The predicted molar refractivity (Wildman–Crippen MR) is 72.8 cm³/mol. The fourth-order valence-electron chi connectivity index (χ4n) is 2.19. The summed E-state index contributed by atoms with van der Waals surface area (Å²) < 4.78 is 33.8. The van der Waals surface area contributed by atoms with Gasteiger partial charge in [-0.25, -0.2) is 13.1 Å². The van der Waals surface area contributed by atoms with Crippen molar-refractivity contribution >= 4 is 10.0 Å². The molecule has 2 heterocycles. The van der Waals surface area contributed by atoms with Gasteiger partial charge >= 0.3 is 0 Å². The lowest BCUT2D eigenvalue weighted by Gasteiger charge is -2.09. The van der Waals surface area contributed by atoms with Crippen molar-refractivity contribution in [3.05, 3.63) is 12.4 Å². The maximum absolute atomic E-state index is 12.2. The summed E-state index contributed by atoms with van der Waals surface area (Å²) in [5.74, 6) is 0. The van der Waals surface area contributed by atoms with E-state index >= 15 is 0 Å². The average Bonchev–Trinajstić information content (AvgIpc) is 2.90. The van der Waals surface area contributed by atoms with Crippen LogP contribution in [0.1, 0.15) is 19.3 Å². The van der Waals surface area contributed by atoms with Crippen molar-refractivity contribution in [1.82, 2.24) is 19.8 Å². The summed E-state index contributed by atoms with van der Waals surface area (Å²) in [5.41, 5.74) is 0. The third-order valence-corrected chi connectivity index (χ3v) is 5.00. The average molecular weight is 300 g/mol. The molecular weight excluding hydrogens is 280 g/mol. The molecule has 0 bridgehead atoms. The van der Waals surface area contributed by atoms with Crippen molar-refractivity contribution in [2.75, 3.05) is 19.8 Å². The van der Waals surface area contributed by atoms with Crippen molar-refractivity contribution in [3.8, 4) is 0 Å². The summed E-state index contributed by atoms with van der Waals surface area (Å²) in [4.78, 5) is 0.218. The molecule has 2 N–H and O–H groups in total. The number of hydrogen-bond acceptors (Lipinski definition) is 5. The van der Waals surface area contributed by atoms with Crippen LogP contribution in [0.5, 0.6) is 0 Å². The van der Waals surface area contributed by atoms with Crippen LogP contribution in [-0.4, -0.2) is 50.0 Å². The summed E-state index contributed by atoms with van der Waals surface area (Å²) in [7, 11) is -3.49. The van der Waals surface area contributed by atoms with Crippen molar-refractivity contribution < 1.29 is 13.2 Å². The molecule has 1 aliphatic carbocycles. The first-order valence-electron chi connectivity index (χ1n) is 6.99. The minimum atomic E-state index is -3.49. The number of hydrogen-bond donors (Lipinski definition) is 2. The summed E-state index contributed by atoms with van der Waals surface area (Å²) >= 11 is 0. The fourth-order valence-corrected chi connectivity index (χ4v) is 3.40. The number of nitrogens with one attached hydrogen (secondary N) is 2. The molecule has 1 unspecified atom stereocenters. The van der Waals surface area contributed by atoms with Gasteiger partial charge in [0.1, 0.15) is 4.90 Å². The quantitative estimate of drug-likeness (QED) is 0.722. The van der Waals surface area contributed by atoms with Crippen molar-refractivity contribution in [1.29, 1.82) is 0 Å². The predicted octanol–water partition coefficient (Wildman–Crippen LogP) is -0.298. The Morgan fingerprint density at radius 3 is 2.90 bits per heavy atom. The van der Waals surface area contributed by atoms with E-state index in [-0.39, 0.29) is 10.9 Å². The van der Waals surface area contributed by atoms with Crippen LogP contribution in [-0.2, 0) is 21.3 Å². The molecule has 2 fully saturated rings. The van der Waals surface area contributed by atoms with E-state index in [0.29, 0.717) is 25.8 Å². The second-order valence-electron chi connectivity index (χ2n) is 5.35. The smallest absolute Gasteiger partial charge is 0.244 e. The molecule has 112 valence electrons. The maximum Gasteiger partial charge on any atom is 0.244 e. The third-order valence-electron chi connectivity index (χ3n) is 3.52. The fraction of sp³-hybridized carbons (Fsp3) is 0.750. The van der Waals surface area contributed by atoms with E-state index in [9.17, 15) is 8.42 Å². The van der Waals surface area contributed by atoms with Crippen LogP contribution in [0.25, 0.3) is 0 Å². The van der Waals surface area contributed by atoms with E-state index in [1.54, 1.807) is 10.9 Å². The molecule has 3 rings (SSSR count). The Kier molecular flexibility index (Phi) is 4.06. The van der Waals surface area contributed by atoms with Gasteiger partial charge in [-0.2, -0.15) is 5.10 Å². The maximum atomic E-state index is 12.2. The van der Waals surface area contributed by atoms with Crippen molar-refractivity contribution in [2.45, 2.75) is 42.8 Å². The molecule has 0 aromatic carbocycles. The van der Waals surface area contributed by atoms with Gasteiger partial charge in [-0.15, -0.1) is 0 Å². The monoisotopic (exact) mass is 300 g/mol. The van der Waals surface area contributed by atoms with Crippen LogP contribution in [0.3, 0.4) is 0 Å². The lowest BCUT2D eigenvalue weighted by atomic mass is 10.3. The lowest BCUT2D eigenvalue weighted by Crippen LogP contribution is -2.34. The summed E-state index contributed by atoms with van der Waals surface area (Å²) in [6.07, 6.45) is 6.18. The molecule has 8 heteroatoms. The topological polar surface area (TPSA) is 85.2 Å². The van der Waals surface area contributed by atoms with Gasteiger partial charge in [-0.1, -0.05) is 0 Å². The third kappa shape index (κ3) is 3.57. The van der Waals surface area contributed by atoms with Gasteiger partial charge in [-0.3, -0.25) is 4.68 Å². The molecule has 0 amide bonds. The van der Waals surface area contributed by atoms with Crippen LogP contribution in [0.4, 0.5) is 0 Å². The van der Waals surface area contributed by atoms with E-state index in [2.05, 4.69) is 15.1 Å². The molecule has 2 aliphatic rings. The minimum Gasteiger partial charge on any atom is -0.380 e. The van der Waals surface area contributed by atoms with Crippen molar-refractivity contribution in [3.63, 3.8) is 0 Å². The molecule has 1 aromatic rings. The normalized spacial score (nSPS) is 23.3. The Morgan fingerprint density at radius 2 is 2.20 bits per heavy atom. The Balaban J connectivity index is 1.56. The zero-order valence-electron chi connectivity index (χ0n) is 11.3. The molecule has 1 aromatic heterocycles. The number of nitrogens with zero attached hydrogens (tertiary/aromatic N) is 2. The molecule has 1 saturated carbocycles. The largest absolute Gasteiger partial charge is 0.380 e. The van der Waals surface area contributed by atoms with E-state index < -0.39 is 10.0 Å². The molecule has 7 nitrogen and oxygen atoms in total. The number of rotatable bonds is 7. The van der Waals surface area contributed by atoms with E-state index in [0.717, 1.165) is 13.0 Å². The standard InChI is InChI=1S/C12H20N4O3S/c17-20(18,15-11-3-6-19-9-11)12-7-14-16(8-12)5-4-13-10-1-2-10/h7-8,10-11,13,15H,1-6,9H2. The van der Waals surface area contributed by atoms with Crippen molar-refractivity contribution in [2.24, 2.45) is 0 Å². The SMILES string of the molecule is O=S(=O)(NC1CCOC1)c1cnn(CCNC2CC2)c1. The van der Waals surface area contributed by atoms with Gasteiger partial charge in [0.15, 0.2) is 0 Å². The zero-order valence-corrected chi connectivity index (χ0v) is 12.1. The van der Waals surface area contributed by atoms with Gasteiger partial charge in [-0.05, 0) is 19.3 Å². The van der Waals surface area contributed by atoms with Gasteiger partial charge < -0.3 is 10.1 Å². The summed E-state index contributed by atoms with van der Waals surface area (Å²) in [5, 5.41) is 7.47. The first-order chi connectivity index (χ1) is 9.63. The lowest BCUT2D eigenvalue weighted by molar-refractivity contribution is 0.192. The first kappa shape index (κ1) is 14.0. The summed E-state index contributed by atoms with van der Waals surface area (Å²) in [6.45, 7) is 2.55. The number of sulfonamides is 1. The van der Waals surface area contributed by atoms with E-state index in [1.165, 1.54) is 19.0 Å². The molecule has 1 atom stereocenters. The van der Waals surface area contributed by atoms with E-state index in [4.69, 9.17) is 4.74 Å². The highest BCUT2D eigenvalue weighted by atomic mass is 32.2. The molecule has 0 radical (unpaired) electrons. The molecular formula is C12H20N4O3S. The van der Waals surface area contributed by atoms with Crippen LogP contribution in [0.2, 0.25) is 0 Å². The highest BCUT2D eigenvalue weighted by Crippen LogP contribution is 2.18. The van der Waals surface area contributed by atoms with Crippen LogP contribution in [0.15, 0.2) is 17.3 Å². The van der Waals surface area contributed by atoms with Gasteiger partial charge in [0.05, 0.1) is 19.3 Å². The second-order valence-corrected chi connectivity index (χ2v) is 7.06. The zero-order chi connectivity index (χ0) is 14.0. The van der Waals surface area contributed by atoms with Crippen LogP contribution in [0, 0.1) is 0 Å². The minimum absolute atomic E-state index is 0.125. The Morgan fingerprint density at radius 1 is 1.35 bits per heavy atom. The number of ether oxygens (including phenoxy) is 1. The Bertz CT molecular complexity index is 547. The van der Waals surface area contributed by atoms with Gasteiger partial charge in [0.25, 0.3) is 0 Å². The second kappa shape index (κ2) is 5.80. The molecule has 1 aliphatic heterocycles. The molecule has 1 saturated heterocycles. The highest BCUT2D eigenvalue weighted by Gasteiger charge is 2.24. The van der Waals surface area contributed by atoms with Crippen LogP contribution >= 0.6 is 0 Å². The van der Waals surface area contributed by atoms with Gasteiger partial charge in [0, 0.05) is 31.4 Å². The summed E-state index contributed by atoms with van der Waals surface area (Å²) in [6, 6.07) is 0.526. The highest BCUT2D eigenvalue weighted by molar-refractivity contribution is 7.89. The number of aromatic nitrogens is 2. The van der Waals surface area contributed by atoms with E-state index in [1.807, 2.05) is 0 Å². The first-order valence-corrected chi connectivity index (χ1v) is 8.48. The Labute approximate surface area is 118 Å². The van der Waals surface area contributed by atoms with Gasteiger partial charge in [0.2, 0.25) is 10.0 Å². The molecule has 0 spiro atoms. The molecule has 20 heavy (non-hydrogen) atoms. The van der Waals surface area contributed by atoms with Crippen LogP contribution < -0.4 is 10.0 Å².